The molecule has 25 heavy (non-hydrogen) atoms. The number of nitrogens with one attached hydrogen (secondary N) is 1. The Balaban J connectivity index is 1.65. The summed E-state index contributed by atoms with van der Waals surface area (Å²) in [7, 11) is 1.63. The fourth-order valence-electron chi connectivity index (χ4n) is 1.76. The quantitative estimate of drug-likeness (QED) is 0.585. The smallest absolute Gasteiger partial charge is 0.230 e. The van der Waals surface area contributed by atoms with Gasteiger partial charge in [0.1, 0.15) is 5.75 Å². The van der Waals surface area contributed by atoms with Crippen LogP contribution in [0.1, 0.15) is 5.56 Å². The van der Waals surface area contributed by atoms with Gasteiger partial charge in [0.2, 0.25) is 11.8 Å². The average molecular weight is 399 g/mol. The minimum atomic E-state index is -0.398. The molecule has 0 aliphatic rings. The molecule has 0 radical (unpaired) electrons. The molecule has 2 aromatic rings. The summed E-state index contributed by atoms with van der Waals surface area (Å²) in [6.45, 7) is 0.571. The van der Waals surface area contributed by atoms with E-state index in [0.717, 1.165) is 17.7 Å². The maximum Gasteiger partial charge on any atom is 0.230 e. The first-order chi connectivity index (χ1) is 12.1. The largest absolute Gasteiger partial charge is 0.497 e. The van der Waals surface area contributed by atoms with E-state index in [1.807, 2.05) is 24.3 Å². The van der Waals surface area contributed by atoms with E-state index >= 15 is 0 Å². The van der Waals surface area contributed by atoms with E-state index in [0.29, 0.717) is 15.2 Å². The van der Waals surface area contributed by atoms with Crippen molar-refractivity contribution < 1.29 is 14.3 Å². The zero-order chi connectivity index (χ0) is 18.1. The molecule has 0 spiro atoms. The molecule has 2 rings (SSSR count). The normalized spacial score (nSPS) is 10.4. The molecule has 0 fully saturated rings. The molecule has 0 unspecified atom stereocenters. The van der Waals surface area contributed by atoms with Gasteiger partial charge in [-0.2, -0.15) is 0 Å². The van der Waals surface area contributed by atoms with E-state index in [9.17, 15) is 9.59 Å². The summed E-state index contributed by atoms with van der Waals surface area (Å²) in [6, 6.07) is 7.76. The highest BCUT2D eigenvalue weighted by molar-refractivity contribution is 8.03. The van der Waals surface area contributed by atoms with E-state index in [1.165, 1.54) is 34.9 Å². The third kappa shape index (κ3) is 7.32. The Morgan fingerprint density at radius 1 is 1.16 bits per heavy atom. The fourth-order valence-corrected chi connectivity index (χ4v) is 4.35. The van der Waals surface area contributed by atoms with Gasteiger partial charge in [0, 0.05) is 6.54 Å². The maximum atomic E-state index is 11.9. The monoisotopic (exact) mass is 398 g/mol. The number of rotatable bonds is 10. The Kier molecular flexibility index (Phi) is 8.02. The summed E-state index contributed by atoms with van der Waals surface area (Å²) in [5.41, 5.74) is 6.21. The molecule has 0 atom stereocenters. The van der Waals surface area contributed by atoms with Crippen LogP contribution in [0.25, 0.3) is 0 Å². The van der Waals surface area contributed by atoms with Gasteiger partial charge in [-0.05, 0) is 24.1 Å². The number of benzene rings is 1. The van der Waals surface area contributed by atoms with Crippen molar-refractivity contribution in [3.63, 3.8) is 0 Å². The van der Waals surface area contributed by atoms with Crippen LogP contribution in [-0.2, 0) is 16.0 Å². The van der Waals surface area contributed by atoms with Crippen molar-refractivity contribution in [1.82, 2.24) is 15.5 Å². The zero-order valence-electron chi connectivity index (χ0n) is 13.6. The minimum Gasteiger partial charge on any atom is -0.497 e. The van der Waals surface area contributed by atoms with Gasteiger partial charge in [0.15, 0.2) is 8.68 Å². The molecule has 0 saturated heterocycles. The van der Waals surface area contributed by atoms with E-state index < -0.39 is 5.91 Å². The van der Waals surface area contributed by atoms with Crippen LogP contribution in [0.15, 0.2) is 32.9 Å². The third-order valence-corrected chi connectivity index (χ3v) is 6.16. The Hall–Kier alpha value is -1.78. The van der Waals surface area contributed by atoms with E-state index in [1.54, 1.807) is 7.11 Å². The predicted molar refractivity (Wildman–Crippen MR) is 100 cm³/mol. The Bertz CT molecular complexity index is 706. The van der Waals surface area contributed by atoms with Crippen LogP contribution in [-0.4, -0.2) is 47.2 Å². The van der Waals surface area contributed by atoms with Gasteiger partial charge in [-0.3, -0.25) is 9.59 Å². The van der Waals surface area contributed by atoms with Gasteiger partial charge in [0.05, 0.1) is 18.6 Å². The number of carbonyl (C=O) groups is 2. The van der Waals surface area contributed by atoms with Crippen molar-refractivity contribution in [3.05, 3.63) is 29.8 Å². The summed E-state index contributed by atoms with van der Waals surface area (Å²) < 4.78 is 6.47. The molecule has 1 aromatic heterocycles. The molecule has 134 valence electrons. The standard InChI is InChI=1S/C15H18N4O3S3/c1-22-11-4-2-10(3-5-11)6-7-17-13(21)9-24-15-19-18-14(25-15)23-8-12(16)20/h2-5H,6-9H2,1H3,(H2,16,20)(H,17,21). The van der Waals surface area contributed by atoms with E-state index in [2.05, 4.69) is 15.5 Å². The first kappa shape index (κ1) is 19.5. The zero-order valence-corrected chi connectivity index (χ0v) is 16.0. The number of hydrogen-bond donors (Lipinski definition) is 2. The lowest BCUT2D eigenvalue weighted by Gasteiger charge is -2.05. The summed E-state index contributed by atoms with van der Waals surface area (Å²) >= 11 is 3.91. The highest BCUT2D eigenvalue weighted by Crippen LogP contribution is 2.28. The predicted octanol–water partition coefficient (Wildman–Crippen LogP) is 1.58. The van der Waals surface area contributed by atoms with Crippen LogP contribution >= 0.6 is 34.9 Å². The van der Waals surface area contributed by atoms with Crippen LogP contribution in [0.3, 0.4) is 0 Å². The first-order valence-corrected chi connectivity index (χ1v) is 10.1. The van der Waals surface area contributed by atoms with E-state index in [-0.39, 0.29) is 17.4 Å². The molecular weight excluding hydrogens is 380 g/mol. The molecule has 10 heteroatoms. The highest BCUT2D eigenvalue weighted by atomic mass is 32.2. The number of aromatic nitrogens is 2. The lowest BCUT2D eigenvalue weighted by Crippen LogP contribution is -2.27. The second-order valence-electron chi connectivity index (χ2n) is 4.83. The lowest BCUT2D eigenvalue weighted by molar-refractivity contribution is -0.118. The number of nitrogens with two attached hydrogens (primary N) is 1. The molecule has 7 nitrogen and oxygen atoms in total. The molecule has 0 aliphatic carbocycles. The molecule has 0 saturated carbocycles. The van der Waals surface area contributed by atoms with Crippen molar-refractivity contribution in [2.75, 3.05) is 25.2 Å². The molecule has 0 aliphatic heterocycles. The van der Waals surface area contributed by atoms with Gasteiger partial charge in [-0.25, -0.2) is 0 Å². The van der Waals surface area contributed by atoms with Gasteiger partial charge in [-0.1, -0.05) is 47.0 Å². The second kappa shape index (κ2) is 10.3. The molecular formula is C15H18N4O3S3. The van der Waals surface area contributed by atoms with Crippen molar-refractivity contribution in [2.45, 2.75) is 15.1 Å². The van der Waals surface area contributed by atoms with Gasteiger partial charge < -0.3 is 15.8 Å². The van der Waals surface area contributed by atoms with Gasteiger partial charge in [0.25, 0.3) is 0 Å². The van der Waals surface area contributed by atoms with Crippen LogP contribution in [0, 0.1) is 0 Å². The topological polar surface area (TPSA) is 107 Å². The highest BCUT2D eigenvalue weighted by Gasteiger charge is 2.09. The van der Waals surface area contributed by atoms with Gasteiger partial charge in [-0.15, -0.1) is 10.2 Å². The number of primary amides is 1. The number of nitrogens with zero attached hydrogens (tertiary/aromatic N) is 2. The van der Waals surface area contributed by atoms with Crippen molar-refractivity contribution in [2.24, 2.45) is 5.73 Å². The maximum absolute atomic E-state index is 11.9. The first-order valence-electron chi connectivity index (χ1n) is 7.34. The lowest BCUT2D eigenvalue weighted by atomic mass is 10.1. The van der Waals surface area contributed by atoms with E-state index in [4.69, 9.17) is 10.5 Å². The number of hydrogen-bond acceptors (Lipinski definition) is 8. The molecule has 2 amide bonds. The third-order valence-electron chi connectivity index (χ3n) is 2.95. The Morgan fingerprint density at radius 3 is 2.40 bits per heavy atom. The molecule has 3 N–H and O–H groups in total. The minimum absolute atomic E-state index is 0.0555. The van der Waals surface area contributed by atoms with Crippen molar-refractivity contribution in [1.29, 1.82) is 0 Å². The summed E-state index contributed by atoms with van der Waals surface area (Å²) in [4.78, 5) is 22.6. The van der Waals surface area contributed by atoms with Crippen molar-refractivity contribution >= 4 is 46.7 Å². The number of thioether (sulfide) groups is 2. The Morgan fingerprint density at radius 2 is 1.80 bits per heavy atom. The number of ether oxygens (including phenoxy) is 1. The van der Waals surface area contributed by atoms with Crippen molar-refractivity contribution in [3.8, 4) is 5.75 Å². The molecule has 0 bridgehead atoms. The second-order valence-corrected chi connectivity index (χ2v) is 8.25. The number of carbonyl (C=O) groups excluding carboxylic acids is 2. The fraction of sp³-hybridized carbons (Fsp3) is 0.333. The number of methoxy groups -OCH3 is 1. The molecule has 1 aromatic carbocycles. The van der Waals surface area contributed by atoms with Crippen LogP contribution < -0.4 is 15.8 Å². The number of amides is 2. The van der Waals surface area contributed by atoms with Crippen LogP contribution in [0.4, 0.5) is 0 Å². The van der Waals surface area contributed by atoms with Crippen LogP contribution in [0.5, 0.6) is 5.75 Å². The average Bonchev–Trinajstić information content (AvgIpc) is 3.07. The SMILES string of the molecule is COc1ccc(CCNC(=O)CSc2nnc(SCC(N)=O)s2)cc1. The Labute approximate surface area is 158 Å². The van der Waals surface area contributed by atoms with Gasteiger partial charge >= 0.3 is 0 Å². The summed E-state index contributed by atoms with van der Waals surface area (Å²) in [5.74, 6) is 0.809. The van der Waals surface area contributed by atoms with Crippen LogP contribution in [0.2, 0.25) is 0 Å². The summed E-state index contributed by atoms with van der Waals surface area (Å²) in [6.07, 6.45) is 0.757. The summed E-state index contributed by atoms with van der Waals surface area (Å²) in [5, 5.41) is 10.8. The molecule has 1 heterocycles.